The molecular formula is C15H19N3O3. The quantitative estimate of drug-likeness (QED) is 0.782. The van der Waals surface area contributed by atoms with Gasteiger partial charge in [0.2, 0.25) is 5.91 Å². The molecule has 6 nitrogen and oxygen atoms in total. The molecule has 0 saturated carbocycles. The lowest BCUT2D eigenvalue weighted by atomic mass is 10.1. The van der Waals surface area contributed by atoms with E-state index < -0.39 is 6.04 Å². The fourth-order valence-corrected chi connectivity index (χ4v) is 2.65. The van der Waals surface area contributed by atoms with Gasteiger partial charge in [-0.25, -0.2) is 4.79 Å². The van der Waals surface area contributed by atoms with E-state index in [2.05, 4.69) is 5.32 Å². The molecule has 1 N–H and O–H groups in total. The van der Waals surface area contributed by atoms with Crippen LogP contribution in [-0.2, 0) is 16.1 Å². The highest BCUT2D eigenvalue weighted by atomic mass is 16.5. The third kappa shape index (κ3) is 2.71. The van der Waals surface area contributed by atoms with E-state index in [1.54, 1.807) is 16.7 Å². The number of amides is 3. The Morgan fingerprint density at radius 2 is 2.00 bits per heavy atom. The number of para-hydroxylation sites is 1. The van der Waals surface area contributed by atoms with Crippen molar-refractivity contribution < 1.29 is 14.3 Å². The highest BCUT2D eigenvalue weighted by Gasteiger charge is 2.33. The first kappa shape index (κ1) is 13.9. The van der Waals surface area contributed by atoms with E-state index in [0.29, 0.717) is 32.8 Å². The molecule has 1 saturated heterocycles. The van der Waals surface area contributed by atoms with Crippen molar-refractivity contribution in [2.45, 2.75) is 19.5 Å². The Kier molecular flexibility index (Phi) is 3.79. The Bertz CT molecular complexity index is 555. The van der Waals surface area contributed by atoms with Gasteiger partial charge in [0.15, 0.2) is 0 Å². The van der Waals surface area contributed by atoms with E-state index in [1.165, 1.54) is 0 Å². The number of hydrogen-bond acceptors (Lipinski definition) is 3. The Labute approximate surface area is 123 Å². The summed E-state index contributed by atoms with van der Waals surface area (Å²) < 4.78 is 5.27. The van der Waals surface area contributed by atoms with Gasteiger partial charge in [0.05, 0.1) is 19.8 Å². The maximum atomic E-state index is 12.7. The number of ether oxygens (including phenoxy) is 1. The number of urea groups is 1. The number of anilines is 1. The average molecular weight is 289 g/mol. The molecule has 2 heterocycles. The molecule has 0 radical (unpaired) electrons. The Balaban J connectivity index is 1.86. The Morgan fingerprint density at radius 3 is 2.76 bits per heavy atom. The molecule has 1 aromatic carbocycles. The van der Waals surface area contributed by atoms with Crippen molar-refractivity contribution in [2.75, 3.05) is 31.6 Å². The molecule has 1 fully saturated rings. The maximum Gasteiger partial charge on any atom is 0.321 e. The summed E-state index contributed by atoms with van der Waals surface area (Å²) in [5.41, 5.74) is 1.74. The number of rotatable bonds is 0. The fourth-order valence-electron chi connectivity index (χ4n) is 2.65. The first-order chi connectivity index (χ1) is 10.2. The van der Waals surface area contributed by atoms with Gasteiger partial charge >= 0.3 is 6.03 Å². The first-order valence-corrected chi connectivity index (χ1v) is 7.19. The van der Waals surface area contributed by atoms with Gasteiger partial charge < -0.3 is 19.9 Å². The SMILES string of the molecule is CC1C(=O)Nc2ccccc2CN1C(=O)N1CCOCC1. The van der Waals surface area contributed by atoms with Crippen molar-refractivity contribution in [1.82, 2.24) is 9.80 Å². The molecule has 2 aliphatic heterocycles. The van der Waals surface area contributed by atoms with Crippen molar-refractivity contribution in [3.05, 3.63) is 29.8 Å². The topological polar surface area (TPSA) is 61.9 Å². The van der Waals surface area contributed by atoms with Crippen LogP contribution < -0.4 is 5.32 Å². The minimum atomic E-state index is -0.493. The molecule has 6 heteroatoms. The zero-order valence-electron chi connectivity index (χ0n) is 12.0. The van der Waals surface area contributed by atoms with E-state index in [0.717, 1.165) is 11.3 Å². The summed E-state index contributed by atoms with van der Waals surface area (Å²) in [6.45, 7) is 4.45. The Hall–Kier alpha value is -2.08. The summed E-state index contributed by atoms with van der Waals surface area (Å²) >= 11 is 0. The van der Waals surface area contributed by atoms with E-state index in [9.17, 15) is 9.59 Å². The lowest BCUT2D eigenvalue weighted by Gasteiger charge is -2.34. The monoisotopic (exact) mass is 289 g/mol. The number of fused-ring (bicyclic) bond motifs is 1. The highest BCUT2D eigenvalue weighted by Crippen LogP contribution is 2.24. The molecule has 1 aromatic rings. The first-order valence-electron chi connectivity index (χ1n) is 7.19. The predicted octanol–water partition coefficient (Wildman–Crippen LogP) is 1.28. The molecule has 3 rings (SSSR count). The van der Waals surface area contributed by atoms with Gasteiger partial charge in [0, 0.05) is 18.8 Å². The number of morpholine rings is 1. The second kappa shape index (κ2) is 5.73. The van der Waals surface area contributed by atoms with Gasteiger partial charge in [-0.1, -0.05) is 18.2 Å². The molecular weight excluding hydrogens is 270 g/mol. The van der Waals surface area contributed by atoms with Crippen LogP contribution in [0.2, 0.25) is 0 Å². The molecule has 112 valence electrons. The largest absolute Gasteiger partial charge is 0.378 e. The highest BCUT2D eigenvalue weighted by molar-refractivity contribution is 5.98. The van der Waals surface area contributed by atoms with Crippen LogP contribution in [0.15, 0.2) is 24.3 Å². The second-order valence-corrected chi connectivity index (χ2v) is 5.33. The summed E-state index contributed by atoms with van der Waals surface area (Å²) in [4.78, 5) is 28.3. The minimum Gasteiger partial charge on any atom is -0.378 e. The summed E-state index contributed by atoms with van der Waals surface area (Å²) in [6, 6.07) is 7.00. The molecule has 0 bridgehead atoms. The second-order valence-electron chi connectivity index (χ2n) is 5.33. The molecule has 21 heavy (non-hydrogen) atoms. The van der Waals surface area contributed by atoms with Gasteiger partial charge in [-0.2, -0.15) is 0 Å². The van der Waals surface area contributed by atoms with Gasteiger partial charge in [-0.3, -0.25) is 4.79 Å². The van der Waals surface area contributed by atoms with Crippen LogP contribution in [0.5, 0.6) is 0 Å². The Morgan fingerprint density at radius 1 is 1.29 bits per heavy atom. The molecule has 3 amide bonds. The van der Waals surface area contributed by atoms with E-state index >= 15 is 0 Å². The lowest BCUT2D eigenvalue weighted by Crippen LogP contribution is -2.52. The average Bonchev–Trinajstić information content (AvgIpc) is 2.65. The van der Waals surface area contributed by atoms with Crippen molar-refractivity contribution in [1.29, 1.82) is 0 Å². The van der Waals surface area contributed by atoms with Crippen molar-refractivity contribution in [2.24, 2.45) is 0 Å². The third-order valence-corrected chi connectivity index (χ3v) is 3.99. The van der Waals surface area contributed by atoms with Crippen LogP contribution in [0.4, 0.5) is 10.5 Å². The molecule has 1 unspecified atom stereocenters. The molecule has 2 aliphatic rings. The summed E-state index contributed by atoms with van der Waals surface area (Å²) in [5, 5.41) is 2.88. The number of carbonyl (C=O) groups is 2. The van der Waals surface area contributed by atoms with Crippen LogP contribution in [0.25, 0.3) is 0 Å². The van der Waals surface area contributed by atoms with Crippen LogP contribution in [0.1, 0.15) is 12.5 Å². The van der Waals surface area contributed by atoms with Crippen molar-refractivity contribution in [3.63, 3.8) is 0 Å². The maximum absolute atomic E-state index is 12.7. The number of nitrogens with one attached hydrogen (secondary N) is 1. The normalized spacial score (nSPS) is 22.3. The molecule has 0 spiro atoms. The predicted molar refractivity (Wildman–Crippen MR) is 77.9 cm³/mol. The van der Waals surface area contributed by atoms with Gasteiger partial charge in [-0.15, -0.1) is 0 Å². The van der Waals surface area contributed by atoms with Crippen LogP contribution in [0, 0.1) is 0 Å². The van der Waals surface area contributed by atoms with Gasteiger partial charge in [-0.05, 0) is 18.6 Å². The van der Waals surface area contributed by atoms with E-state index in [-0.39, 0.29) is 11.9 Å². The number of hydrogen-bond donors (Lipinski definition) is 1. The smallest absolute Gasteiger partial charge is 0.321 e. The minimum absolute atomic E-state index is 0.0994. The summed E-state index contributed by atoms with van der Waals surface area (Å²) in [5.74, 6) is -0.151. The summed E-state index contributed by atoms with van der Waals surface area (Å²) in [6.07, 6.45) is 0. The molecule has 0 aliphatic carbocycles. The van der Waals surface area contributed by atoms with Crippen molar-refractivity contribution >= 4 is 17.6 Å². The molecule has 0 aromatic heterocycles. The van der Waals surface area contributed by atoms with E-state index in [1.807, 2.05) is 24.3 Å². The van der Waals surface area contributed by atoms with Crippen LogP contribution in [-0.4, -0.2) is 54.1 Å². The number of nitrogens with zero attached hydrogens (tertiary/aromatic N) is 2. The lowest BCUT2D eigenvalue weighted by molar-refractivity contribution is -0.120. The standard InChI is InChI=1S/C15H19N3O3/c1-11-14(19)16-13-5-3-2-4-12(13)10-18(11)15(20)17-6-8-21-9-7-17/h2-5,11H,6-10H2,1H3,(H,16,19). The van der Waals surface area contributed by atoms with Crippen LogP contribution in [0.3, 0.4) is 0 Å². The summed E-state index contributed by atoms with van der Waals surface area (Å²) in [7, 11) is 0. The van der Waals surface area contributed by atoms with Crippen molar-refractivity contribution in [3.8, 4) is 0 Å². The van der Waals surface area contributed by atoms with Crippen LogP contribution >= 0.6 is 0 Å². The number of benzene rings is 1. The van der Waals surface area contributed by atoms with Gasteiger partial charge in [0.1, 0.15) is 6.04 Å². The molecule has 1 atom stereocenters. The third-order valence-electron chi connectivity index (χ3n) is 3.99. The fraction of sp³-hybridized carbons (Fsp3) is 0.467. The zero-order chi connectivity index (χ0) is 14.8. The van der Waals surface area contributed by atoms with Gasteiger partial charge in [0.25, 0.3) is 0 Å². The zero-order valence-corrected chi connectivity index (χ0v) is 12.0. The van der Waals surface area contributed by atoms with E-state index in [4.69, 9.17) is 4.74 Å². The number of carbonyl (C=O) groups excluding carboxylic acids is 2.